The molecule has 0 radical (unpaired) electrons. The molecule has 0 saturated carbocycles. The Bertz CT molecular complexity index is 457. The lowest BCUT2D eigenvalue weighted by Gasteiger charge is -2.08. The van der Waals surface area contributed by atoms with Gasteiger partial charge < -0.3 is 5.11 Å². The highest BCUT2D eigenvalue weighted by atomic mass is 16.4. The third-order valence-corrected chi connectivity index (χ3v) is 3.25. The Morgan fingerprint density at radius 2 is 2.11 bits per heavy atom. The van der Waals surface area contributed by atoms with Gasteiger partial charge in [-0.1, -0.05) is 54.1 Å². The molecule has 2 rings (SSSR count). The monoisotopic (exact) mass is 242 g/mol. The van der Waals surface area contributed by atoms with Gasteiger partial charge in [0, 0.05) is 0 Å². The van der Waals surface area contributed by atoms with Gasteiger partial charge in [0.2, 0.25) is 0 Å². The number of rotatable bonds is 5. The molecule has 0 bridgehead atoms. The first kappa shape index (κ1) is 12.6. The van der Waals surface area contributed by atoms with E-state index in [1.807, 2.05) is 36.4 Å². The van der Waals surface area contributed by atoms with Crippen molar-refractivity contribution in [2.45, 2.75) is 25.7 Å². The van der Waals surface area contributed by atoms with Crippen LogP contribution in [0.2, 0.25) is 0 Å². The molecule has 94 valence electrons. The van der Waals surface area contributed by atoms with Gasteiger partial charge in [-0.2, -0.15) is 0 Å². The molecule has 2 heteroatoms. The summed E-state index contributed by atoms with van der Waals surface area (Å²) in [6, 6.07) is 9.81. The van der Waals surface area contributed by atoms with Crippen molar-refractivity contribution in [1.82, 2.24) is 0 Å². The second-order valence-electron chi connectivity index (χ2n) is 4.67. The molecule has 0 aliphatic heterocycles. The van der Waals surface area contributed by atoms with Crippen molar-refractivity contribution in [3.63, 3.8) is 0 Å². The fourth-order valence-corrected chi connectivity index (χ4v) is 2.23. The summed E-state index contributed by atoms with van der Waals surface area (Å²) in [7, 11) is 0. The fraction of sp³-hybridized carbons (Fsp3) is 0.312. The predicted octanol–water partition coefficient (Wildman–Crippen LogP) is 3.90. The van der Waals surface area contributed by atoms with Crippen LogP contribution in [-0.2, 0) is 4.79 Å². The minimum absolute atomic E-state index is 0.408. The molecule has 1 aliphatic carbocycles. The highest BCUT2D eigenvalue weighted by Crippen LogP contribution is 2.25. The SMILES string of the molecule is O=C(O)C(C=Cc1ccccc1)CC1=CCCC1. The van der Waals surface area contributed by atoms with Gasteiger partial charge in [-0.15, -0.1) is 0 Å². The first-order valence-electron chi connectivity index (χ1n) is 6.39. The Kier molecular flexibility index (Phi) is 4.35. The summed E-state index contributed by atoms with van der Waals surface area (Å²) in [6.07, 6.45) is 9.87. The molecule has 1 aliphatic rings. The smallest absolute Gasteiger partial charge is 0.310 e. The van der Waals surface area contributed by atoms with Gasteiger partial charge in [0.15, 0.2) is 0 Å². The van der Waals surface area contributed by atoms with Crippen molar-refractivity contribution >= 4 is 12.0 Å². The molecule has 0 spiro atoms. The number of allylic oxidation sites excluding steroid dienone is 2. The summed E-state index contributed by atoms with van der Waals surface area (Å²) >= 11 is 0. The van der Waals surface area contributed by atoms with E-state index in [2.05, 4.69) is 6.08 Å². The number of carboxylic acids is 1. The number of carboxylic acid groups (broad SMARTS) is 1. The Hall–Kier alpha value is -1.83. The van der Waals surface area contributed by atoms with Gasteiger partial charge in [-0.3, -0.25) is 4.79 Å². The summed E-state index contributed by atoms with van der Waals surface area (Å²) in [5.41, 5.74) is 2.34. The maximum atomic E-state index is 11.2. The summed E-state index contributed by atoms with van der Waals surface area (Å²) in [4.78, 5) is 11.2. The van der Waals surface area contributed by atoms with Crippen LogP contribution in [0, 0.1) is 5.92 Å². The van der Waals surface area contributed by atoms with E-state index in [4.69, 9.17) is 0 Å². The van der Waals surface area contributed by atoms with Gasteiger partial charge in [-0.05, 0) is 31.2 Å². The minimum atomic E-state index is -0.741. The van der Waals surface area contributed by atoms with Crippen molar-refractivity contribution in [2.75, 3.05) is 0 Å². The van der Waals surface area contributed by atoms with E-state index in [-0.39, 0.29) is 0 Å². The van der Waals surface area contributed by atoms with Gasteiger partial charge in [0.25, 0.3) is 0 Å². The van der Waals surface area contributed by atoms with Gasteiger partial charge in [0.1, 0.15) is 0 Å². The van der Waals surface area contributed by atoms with E-state index in [0.717, 1.165) is 18.4 Å². The van der Waals surface area contributed by atoms with E-state index in [0.29, 0.717) is 6.42 Å². The zero-order valence-electron chi connectivity index (χ0n) is 10.4. The molecule has 1 N–H and O–H groups in total. The molecule has 1 unspecified atom stereocenters. The Morgan fingerprint density at radius 3 is 2.72 bits per heavy atom. The first-order valence-corrected chi connectivity index (χ1v) is 6.39. The second-order valence-corrected chi connectivity index (χ2v) is 4.67. The van der Waals surface area contributed by atoms with Gasteiger partial charge in [-0.25, -0.2) is 0 Å². The van der Waals surface area contributed by atoms with Crippen LogP contribution in [0.1, 0.15) is 31.2 Å². The third-order valence-electron chi connectivity index (χ3n) is 3.25. The van der Waals surface area contributed by atoms with Gasteiger partial charge >= 0.3 is 5.97 Å². The van der Waals surface area contributed by atoms with Crippen LogP contribution in [0.15, 0.2) is 48.1 Å². The summed E-state index contributed by atoms with van der Waals surface area (Å²) in [5, 5.41) is 9.23. The largest absolute Gasteiger partial charge is 0.481 e. The van der Waals surface area contributed by atoms with E-state index in [9.17, 15) is 9.90 Å². The van der Waals surface area contributed by atoms with E-state index in [1.165, 1.54) is 12.0 Å². The van der Waals surface area contributed by atoms with E-state index in [1.54, 1.807) is 6.08 Å². The average molecular weight is 242 g/mol. The molecular formula is C16H18O2. The Balaban J connectivity index is 2.02. The highest BCUT2D eigenvalue weighted by molar-refractivity contribution is 5.74. The minimum Gasteiger partial charge on any atom is -0.481 e. The molecule has 1 atom stereocenters. The molecule has 0 fully saturated rings. The number of carbonyl (C=O) groups is 1. The molecule has 1 aromatic carbocycles. The van der Waals surface area contributed by atoms with Crippen molar-refractivity contribution in [2.24, 2.45) is 5.92 Å². The summed E-state index contributed by atoms with van der Waals surface area (Å²) in [6.45, 7) is 0. The van der Waals surface area contributed by atoms with E-state index >= 15 is 0 Å². The maximum absolute atomic E-state index is 11.2. The normalized spacial score (nSPS) is 16.8. The molecule has 0 amide bonds. The molecule has 1 aromatic rings. The molecule has 0 heterocycles. The van der Waals surface area contributed by atoms with Crippen molar-refractivity contribution < 1.29 is 9.90 Å². The zero-order valence-corrected chi connectivity index (χ0v) is 10.4. The van der Waals surface area contributed by atoms with Crippen LogP contribution >= 0.6 is 0 Å². The van der Waals surface area contributed by atoms with Crippen LogP contribution in [-0.4, -0.2) is 11.1 Å². The molecule has 18 heavy (non-hydrogen) atoms. The standard InChI is InChI=1S/C16H18O2/c17-16(18)15(12-14-8-4-5-9-14)11-10-13-6-2-1-3-7-13/h1-3,6-8,10-11,15H,4-5,9,12H2,(H,17,18). The Labute approximate surface area is 108 Å². The van der Waals surface area contributed by atoms with Crippen LogP contribution in [0.5, 0.6) is 0 Å². The zero-order chi connectivity index (χ0) is 12.8. The molecule has 0 aromatic heterocycles. The summed E-state index contributed by atoms with van der Waals surface area (Å²) in [5.74, 6) is -1.15. The van der Waals surface area contributed by atoms with Crippen LogP contribution in [0.4, 0.5) is 0 Å². The summed E-state index contributed by atoms with van der Waals surface area (Å²) < 4.78 is 0. The fourth-order valence-electron chi connectivity index (χ4n) is 2.23. The van der Waals surface area contributed by atoms with Gasteiger partial charge in [0.05, 0.1) is 5.92 Å². The maximum Gasteiger partial charge on any atom is 0.310 e. The van der Waals surface area contributed by atoms with Crippen LogP contribution in [0.25, 0.3) is 6.08 Å². The molecule has 2 nitrogen and oxygen atoms in total. The third kappa shape index (κ3) is 3.59. The van der Waals surface area contributed by atoms with E-state index < -0.39 is 11.9 Å². The first-order chi connectivity index (χ1) is 8.75. The Morgan fingerprint density at radius 1 is 1.33 bits per heavy atom. The van der Waals surface area contributed by atoms with Crippen molar-refractivity contribution in [3.05, 3.63) is 53.6 Å². The van der Waals surface area contributed by atoms with Crippen LogP contribution < -0.4 is 0 Å². The molecule has 0 saturated heterocycles. The van der Waals surface area contributed by atoms with Crippen molar-refractivity contribution in [1.29, 1.82) is 0 Å². The number of hydrogen-bond acceptors (Lipinski definition) is 1. The lowest BCUT2D eigenvalue weighted by molar-refractivity contribution is -0.140. The quantitative estimate of drug-likeness (QED) is 0.795. The second kappa shape index (κ2) is 6.20. The highest BCUT2D eigenvalue weighted by Gasteiger charge is 2.17. The number of aliphatic carboxylic acids is 1. The predicted molar refractivity (Wildman–Crippen MR) is 73.2 cm³/mol. The lowest BCUT2D eigenvalue weighted by Crippen LogP contribution is -2.11. The number of benzene rings is 1. The topological polar surface area (TPSA) is 37.3 Å². The molecular weight excluding hydrogens is 224 g/mol. The lowest BCUT2D eigenvalue weighted by atomic mass is 9.97. The van der Waals surface area contributed by atoms with Crippen LogP contribution in [0.3, 0.4) is 0 Å². The number of hydrogen-bond donors (Lipinski definition) is 1. The van der Waals surface area contributed by atoms with Crippen molar-refractivity contribution in [3.8, 4) is 0 Å². The average Bonchev–Trinajstić information content (AvgIpc) is 2.88.